The van der Waals surface area contributed by atoms with Crippen LogP contribution in [0.15, 0.2) is 0 Å². The molecule has 0 unspecified atom stereocenters. The van der Waals surface area contributed by atoms with Crippen molar-refractivity contribution >= 4 is 0 Å². The second-order valence-electron chi connectivity index (χ2n) is 6.69. The fourth-order valence-corrected chi connectivity index (χ4v) is 2.76. The number of unbranched alkanes of at least 4 members (excludes halogenated alkanes) is 4. The van der Waals surface area contributed by atoms with Crippen LogP contribution in [0.4, 0.5) is 0 Å². The first-order valence-electron chi connectivity index (χ1n) is 7.26. The van der Waals surface area contributed by atoms with Gasteiger partial charge in [0, 0.05) is 5.54 Å². The lowest BCUT2D eigenvalue weighted by atomic mass is 9.68. The van der Waals surface area contributed by atoms with Gasteiger partial charge in [-0.25, -0.2) is 0 Å². The maximum absolute atomic E-state index is 6.49. The number of rotatable bonds is 6. The van der Waals surface area contributed by atoms with Gasteiger partial charge in [0.05, 0.1) is 0 Å². The van der Waals surface area contributed by atoms with Gasteiger partial charge in [-0.15, -0.1) is 0 Å². The zero-order valence-electron chi connectivity index (χ0n) is 11.6. The van der Waals surface area contributed by atoms with Crippen molar-refractivity contribution in [3.8, 4) is 0 Å². The summed E-state index contributed by atoms with van der Waals surface area (Å²) in [5.41, 5.74) is 7.22. The number of nitrogens with two attached hydrogens (primary N) is 1. The Bertz CT molecular complexity index is 186. The molecular formula is C15H31N. The molecule has 0 radical (unpaired) electrons. The van der Waals surface area contributed by atoms with Gasteiger partial charge in [-0.05, 0) is 37.5 Å². The Morgan fingerprint density at radius 2 is 1.44 bits per heavy atom. The first-order chi connectivity index (χ1) is 7.47. The molecule has 1 rings (SSSR count). The summed E-state index contributed by atoms with van der Waals surface area (Å²) in [4.78, 5) is 0. The van der Waals surface area contributed by atoms with Crippen LogP contribution in [0.25, 0.3) is 0 Å². The van der Waals surface area contributed by atoms with Crippen LogP contribution >= 0.6 is 0 Å². The van der Waals surface area contributed by atoms with Gasteiger partial charge in [-0.1, -0.05) is 52.9 Å². The Hall–Kier alpha value is -0.0400. The highest BCUT2D eigenvalue weighted by Gasteiger charge is 2.34. The zero-order chi connectivity index (χ0) is 12.1. The molecule has 0 aliphatic heterocycles. The fraction of sp³-hybridized carbons (Fsp3) is 1.00. The van der Waals surface area contributed by atoms with Crippen molar-refractivity contribution in [1.82, 2.24) is 0 Å². The van der Waals surface area contributed by atoms with Gasteiger partial charge in [-0.3, -0.25) is 0 Å². The predicted octanol–water partition coefficient (Wildman–Crippen LogP) is 4.64. The van der Waals surface area contributed by atoms with Gasteiger partial charge >= 0.3 is 0 Å². The van der Waals surface area contributed by atoms with E-state index in [9.17, 15) is 0 Å². The lowest BCUT2D eigenvalue weighted by molar-refractivity contribution is 0.155. The molecule has 1 saturated carbocycles. The summed E-state index contributed by atoms with van der Waals surface area (Å²) in [6.45, 7) is 7.04. The summed E-state index contributed by atoms with van der Waals surface area (Å²) in [6, 6.07) is 0. The third-order valence-corrected chi connectivity index (χ3v) is 4.38. The summed E-state index contributed by atoms with van der Waals surface area (Å²) in [5, 5.41) is 0. The maximum Gasteiger partial charge on any atom is 0.0154 e. The first kappa shape index (κ1) is 14.0. The van der Waals surface area contributed by atoms with E-state index in [0.717, 1.165) is 0 Å². The van der Waals surface area contributed by atoms with Crippen molar-refractivity contribution in [2.75, 3.05) is 0 Å². The monoisotopic (exact) mass is 225 g/mol. The Morgan fingerprint density at radius 3 is 2.00 bits per heavy atom. The van der Waals surface area contributed by atoms with E-state index in [1.54, 1.807) is 0 Å². The molecule has 1 aliphatic rings. The molecule has 0 bridgehead atoms. The summed E-state index contributed by atoms with van der Waals surface area (Å²) in [7, 11) is 0. The van der Waals surface area contributed by atoms with Crippen LogP contribution in [0, 0.1) is 5.41 Å². The van der Waals surface area contributed by atoms with E-state index in [2.05, 4.69) is 20.8 Å². The molecule has 2 N–H and O–H groups in total. The SMILES string of the molecule is CCCCCCCC1(N)CCC(C)(C)CC1. The molecule has 0 aromatic rings. The van der Waals surface area contributed by atoms with Crippen LogP contribution in [0.5, 0.6) is 0 Å². The van der Waals surface area contributed by atoms with E-state index in [-0.39, 0.29) is 5.54 Å². The standard InChI is InChI=1S/C15H31N/c1-4-5-6-7-8-9-15(16)12-10-14(2,3)11-13-15/h4-13,16H2,1-3H3. The number of hydrogen-bond acceptors (Lipinski definition) is 1. The van der Waals surface area contributed by atoms with Gasteiger partial charge in [0.2, 0.25) is 0 Å². The Kier molecular flexibility index (Phi) is 5.30. The summed E-state index contributed by atoms with van der Waals surface area (Å²) in [6.07, 6.45) is 13.2. The lowest BCUT2D eigenvalue weighted by Crippen LogP contribution is -2.44. The molecule has 1 nitrogen and oxygen atoms in total. The molecule has 16 heavy (non-hydrogen) atoms. The highest BCUT2D eigenvalue weighted by Crippen LogP contribution is 2.40. The maximum atomic E-state index is 6.49. The van der Waals surface area contributed by atoms with Crippen molar-refractivity contribution in [3.05, 3.63) is 0 Å². The van der Waals surface area contributed by atoms with Crippen molar-refractivity contribution in [2.45, 2.75) is 90.5 Å². The normalized spacial score (nSPS) is 23.2. The van der Waals surface area contributed by atoms with Crippen LogP contribution < -0.4 is 5.73 Å². The van der Waals surface area contributed by atoms with Crippen molar-refractivity contribution in [2.24, 2.45) is 11.1 Å². The first-order valence-corrected chi connectivity index (χ1v) is 7.26. The molecule has 0 spiro atoms. The third-order valence-electron chi connectivity index (χ3n) is 4.38. The average molecular weight is 225 g/mol. The van der Waals surface area contributed by atoms with Crippen LogP contribution in [0.3, 0.4) is 0 Å². The second kappa shape index (κ2) is 6.05. The van der Waals surface area contributed by atoms with Crippen LogP contribution in [0.2, 0.25) is 0 Å². The third kappa shape index (κ3) is 4.86. The molecule has 1 aliphatic carbocycles. The minimum atomic E-state index is 0.182. The van der Waals surface area contributed by atoms with E-state index < -0.39 is 0 Å². The zero-order valence-corrected chi connectivity index (χ0v) is 11.6. The summed E-state index contributed by atoms with van der Waals surface area (Å²) in [5.74, 6) is 0. The molecule has 0 saturated heterocycles. The molecule has 0 aromatic heterocycles. The fourth-order valence-electron chi connectivity index (χ4n) is 2.76. The number of hydrogen-bond donors (Lipinski definition) is 1. The van der Waals surface area contributed by atoms with Crippen LogP contribution in [-0.4, -0.2) is 5.54 Å². The second-order valence-corrected chi connectivity index (χ2v) is 6.69. The highest BCUT2D eigenvalue weighted by molar-refractivity contribution is 4.92. The van der Waals surface area contributed by atoms with Gasteiger partial charge in [0.25, 0.3) is 0 Å². The highest BCUT2D eigenvalue weighted by atomic mass is 14.7. The average Bonchev–Trinajstić information content (AvgIpc) is 2.23. The van der Waals surface area contributed by atoms with E-state index in [4.69, 9.17) is 5.73 Å². The van der Waals surface area contributed by atoms with Gasteiger partial charge in [-0.2, -0.15) is 0 Å². The summed E-state index contributed by atoms with van der Waals surface area (Å²) < 4.78 is 0. The Balaban J connectivity index is 2.16. The van der Waals surface area contributed by atoms with E-state index in [1.165, 1.54) is 64.2 Å². The lowest BCUT2D eigenvalue weighted by Gasteiger charge is -2.41. The quantitative estimate of drug-likeness (QED) is 0.654. The van der Waals surface area contributed by atoms with Crippen LogP contribution in [-0.2, 0) is 0 Å². The van der Waals surface area contributed by atoms with E-state index in [0.29, 0.717) is 5.41 Å². The Morgan fingerprint density at radius 1 is 0.875 bits per heavy atom. The van der Waals surface area contributed by atoms with E-state index in [1.807, 2.05) is 0 Å². The van der Waals surface area contributed by atoms with Crippen molar-refractivity contribution in [3.63, 3.8) is 0 Å². The molecule has 0 amide bonds. The predicted molar refractivity (Wildman–Crippen MR) is 72.5 cm³/mol. The molecule has 1 heteroatoms. The van der Waals surface area contributed by atoms with Crippen molar-refractivity contribution < 1.29 is 0 Å². The van der Waals surface area contributed by atoms with Gasteiger partial charge in [0.15, 0.2) is 0 Å². The van der Waals surface area contributed by atoms with Crippen LogP contribution in [0.1, 0.15) is 85.0 Å². The molecule has 0 atom stereocenters. The Labute approximate surface area is 102 Å². The minimum Gasteiger partial charge on any atom is -0.325 e. The van der Waals surface area contributed by atoms with Gasteiger partial charge in [0.1, 0.15) is 0 Å². The van der Waals surface area contributed by atoms with Crippen molar-refractivity contribution in [1.29, 1.82) is 0 Å². The molecule has 0 aromatic carbocycles. The molecule has 0 heterocycles. The molecule has 1 fully saturated rings. The molecular weight excluding hydrogens is 194 g/mol. The topological polar surface area (TPSA) is 26.0 Å². The largest absolute Gasteiger partial charge is 0.325 e. The van der Waals surface area contributed by atoms with Gasteiger partial charge < -0.3 is 5.73 Å². The summed E-state index contributed by atoms with van der Waals surface area (Å²) >= 11 is 0. The molecule has 96 valence electrons. The minimum absolute atomic E-state index is 0.182. The smallest absolute Gasteiger partial charge is 0.0154 e. The van der Waals surface area contributed by atoms with E-state index >= 15 is 0 Å².